The van der Waals surface area contributed by atoms with Crippen molar-refractivity contribution in [3.8, 4) is 16.9 Å². The molecule has 8 heteroatoms. The lowest BCUT2D eigenvalue weighted by atomic mass is 10.00. The molecular weight excluding hydrogens is 420 g/mol. The molecule has 5 rings (SSSR count). The lowest BCUT2D eigenvalue weighted by Gasteiger charge is -2.25. The molecule has 3 aromatic rings. The quantitative estimate of drug-likeness (QED) is 0.540. The van der Waals surface area contributed by atoms with E-state index in [0.29, 0.717) is 23.3 Å². The molecule has 2 atom stereocenters. The van der Waals surface area contributed by atoms with Gasteiger partial charge in [0.1, 0.15) is 5.75 Å². The third-order valence-corrected chi connectivity index (χ3v) is 6.24. The van der Waals surface area contributed by atoms with Gasteiger partial charge < -0.3 is 20.1 Å². The number of aromatic nitrogens is 2. The second-order valence-corrected chi connectivity index (χ2v) is 8.64. The maximum atomic E-state index is 13.5. The van der Waals surface area contributed by atoms with Crippen LogP contribution in [0.5, 0.6) is 5.75 Å². The van der Waals surface area contributed by atoms with Gasteiger partial charge >= 0.3 is 0 Å². The van der Waals surface area contributed by atoms with Crippen molar-refractivity contribution in [2.75, 3.05) is 13.7 Å². The van der Waals surface area contributed by atoms with Crippen LogP contribution < -0.4 is 10.1 Å². The van der Waals surface area contributed by atoms with E-state index >= 15 is 0 Å². The molecule has 1 saturated carbocycles. The number of nitrogens with zero attached hydrogens (tertiary/aromatic N) is 2. The minimum atomic E-state index is -0.630. The summed E-state index contributed by atoms with van der Waals surface area (Å²) in [6.07, 6.45) is 5.28. The fourth-order valence-electron chi connectivity index (χ4n) is 4.36. The molecule has 1 aromatic heterocycles. The summed E-state index contributed by atoms with van der Waals surface area (Å²) >= 11 is 0. The average molecular weight is 447 g/mol. The van der Waals surface area contributed by atoms with Crippen molar-refractivity contribution in [2.45, 2.75) is 37.5 Å². The predicted molar refractivity (Wildman–Crippen MR) is 122 cm³/mol. The number of aromatic amines is 1. The number of nitrogens with one attached hydrogen (secondary N) is 2. The first kappa shape index (κ1) is 21.2. The van der Waals surface area contributed by atoms with Gasteiger partial charge in [0.25, 0.3) is 11.8 Å². The molecule has 2 unspecified atom stereocenters. The predicted octanol–water partition coefficient (Wildman–Crippen LogP) is 2.93. The van der Waals surface area contributed by atoms with Crippen LogP contribution in [-0.2, 0) is 0 Å². The number of carbonyl (C=O) groups is 2. The molecule has 2 amide bonds. The number of benzene rings is 2. The van der Waals surface area contributed by atoms with Crippen molar-refractivity contribution in [1.29, 1.82) is 0 Å². The van der Waals surface area contributed by atoms with Crippen LogP contribution in [0.15, 0.2) is 54.9 Å². The minimum absolute atomic E-state index is 0.102. The molecule has 3 N–H and O–H groups in total. The molecule has 33 heavy (non-hydrogen) atoms. The van der Waals surface area contributed by atoms with Crippen LogP contribution in [0, 0.1) is 0 Å². The second kappa shape index (κ2) is 8.71. The van der Waals surface area contributed by atoms with E-state index in [4.69, 9.17) is 4.74 Å². The van der Waals surface area contributed by atoms with Gasteiger partial charge in [-0.2, -0.15) is 5.10 Å². The Bertz CT molecular complexity index is 1170. The third kappa shape index (κ3) is 4.34. The zero-order valence-electron chi connectivity index (χ0n) is 18.3. The molecule has 0 radical (unpaired) electrons. The summed E-state index contributed by atoms with van der Waals surface area (Å²) in [6.45, 7) is 0.230. The molecule has 2 aromatic carbocycles. The smallest absolute Gasteiger partial charge is 0.254 e. The minimum Gasteiger partial charge on any atom is -0.496 e. The molecule has 1 aliphatic carbocycles. The maximum absolute atomic E-state index is 13.5. The van der Waals surface area contributed by atoms with E-state index in [0.717, 1.165) is 29.5 Å². The van der Waals surface area contributed by atoms with Crippen LogP contribution in [0.4, 0.5) is 0 Å². The number of carbonyl (C=O) groups excluding carboxylic acids is 2. The number of amides is 2. The van der Waals surface area contributed by atoms with Crippen molar-refractivity contribution < 1.29 is 19.4 Å². The van der Waals surface area contributed by atoms with Gasteiger partial charge in [-0.15, -0.1) is 0 Å². The summed E-state index contributed by atoms with van der Waals surface area (Å²) in [5.41, 5.74) is 3.57. The van der Waals surface area contributed by atoms with Gasteiger partial charge in [-0.25, -0.2) is 0 Å². The standard InChI is InChI=1S/C25H26N4O4/c1-33-23-10-17(5-8-21(23)18-12-26-27-13-18)25(32)29-14-20(30)11-22(29)15-3-2-4-16(9-15)24(31)28-19-6-7-19/h2-5,8-10,12-13,19-20,22,30H,6-7,11,14H2,1H3,(H,26,27)(H,28,31). The van der Waals surface area contributed by atoms with Crippen molar-refractivity contribution >= 4 is 11.8 Å². The highest BCUT2D eigenvalue weighted by Crippen LogP contribution is 2.36. The fraction of sp³-hybridized carbons (Fsp3) is 0.320. The fourth-order valence-corrected chi connectivity index (χ4v) is 4.36. The van der Waals surface area contributed by atoms with Gasteiger partial charge in [0.15, 0.2) is 0 Å². The Morgan fingerprint density at radius 1 is 1.18 bits per heavy atom. The molecule has 2 heterocycles. The van der Waals surface area contributed by atoms with Gasteiger partial charge in [0.2, 0.25) is 0 Å². The van der Waals surface area contributed by atoms with E-state index in [-0.39, 0.29) is 30.4 Å². The molecule has 2 aliphatic rings. The van der Waals surface area contributed by atoms with Crippen LogP contribution >= 0.6 is 0 Å². The van der Waals surface area contributed by atoms with Crippen molar-refractivity contribution in [2.24, 2.45) is 0 Å². The van der Waals surface area contributed by atoms with E-state index in [9.17, 15) is 14.7 Å². The molecule has 1 aliphatic heterocycles. The second-order valence-electron chi connectivity index (χ2n) is 8.64. The van der Waals surface area contributed by atoms with Gasteiger partial charge in [0.05, 0.1) is 25.5 Å². The Kier molecular flexibility index (Phi) is 5.60. The topological polar surface area (TPSA) is 108 Å². The maximum Gasteiger partial charge on any atom is 0.254 e. The molecule has 2 fully saturated rings. The number of likely N-dealkylation sites (tertiary alicyclic amines) is 1. The Labute approximate surface area is 191 Å². The summed E-state index contributed by atoms with van der Waals surface area (Å²) < 4.78 is 5.53. The van der Waals surface area contributed by atoms with E-state index < -0.39 is 6.10 Å². The molecule has 0 spiro atoms. The van der Waals surface area contributed by atoms with Crippen LogP contribution in [0.25, 0.3) is 11.1 Å². The third-order valence-electron chi connectivity index (χ3n) is 6.24. The lowest BCUT2D eigenvalue weighted by molar-refractivity contribution is 0.0715. The van der Waals surface area contributed by atoms with Crippen LogP contribution in [0.2, 0.25) is 0 Å². The highest BCUT2D eigenvalue weighted by atomic mass is 16.5. The van der Waals surface area contributed by atoms with Crippen LogP contribution in [0.3, 0.4) is 0 Å². The van der Waals surface area contributed by atoms with Gasteiger partial charge in [-0.1, -0.05) is 12.1 Å². The number of β-amino-alcohol motifs (C(OH)–C–C–N with tert-alkyl or cyclic N) is 1. The van der Waals surface area contributed by atoms with E-state index in [1.54, 1.807) is 42.6 Å². The monoisotopic (exact) mass is 446 g/mol. The van der Waals surface area contributed by atoms with Crippen molar-refractivity contribution in [3.05, 3.63) is 71.5 Å². The molecular formula is C25H26N4O4. The first-order valence-corrected chi connectivity index (χ1v) is 11.1. The molecule has 1 saturated heterocycles. The number of hydrogen-bond donors (Lipinski definition) is 3. The Morgan fingerprint density at radius 2 is 2.03 bits per heavy atom. The molecule has 170 valence electrons. The number of rotatable bonds is 6. The van der Waals surface area contributed by atoms with Crippen LogP contribution in [0.1, 0.15) is 51.6 Å². The van der Waals surface area contributed by atoms with E-state index in [1.807, 2.05) is 24.3 Å². The number of aliphatic hydroxyl groups is 1. The Morgan fingerprint density at radius 3 is 2.76 bits per heavy atom. The first-order valence-electron chi connectivity index (χ1n) is 11.1. The van der Waals surface area contributed by atoms with Gasteiger partial charge in [-0.05, 0) is 55.2 Å². The largest absolute Gasteiger partial charge is 0.496 e. The lowest BCUT2D eigenvalue weighted by Crippen LogP contribution is -2.32. The number of ether oxygens (including phenoxy) is 1. The van der Waals surface area contributed by atoms with Crippen molar-refractivity contribution in [3.63, 3.8) is 0 Å². The van der Waals surface area contributed by atoms with Crippen molar-refractivity contribution in [1.82, 2.24) is 20.4 Å². The number of hydrogen-bond acceptors (Lipinski definition) is 5. The SMILES string of the molecule is COc1cc(C(=O)N2CC(O)CC2c2cccc(C(=O)NC3CC3)c2)ccc1-c1cn[nH]c1. The zero-order valence-corrected chi connectivity index (χ0v) is 18.3. The average Bonchev–Trinajstić information content (AvgIpc) is 3.32. The van der Waals surface area contributed by atoms with Crippen LogP contribution in [-0.4, -0.2) is 57.8 Å². The van der Waals surface area contributed by atoms with E-state index in [2.05, 4.69) is 15.5 Å². The summed E-state index contributed by atoms with van der Waals surface area (Å²) in [7, 11) is 1.56. The highest BCUT2D eigenvalue weighted by Gasteiger charge is 2.36. The Balaban J connectivity index is 1.41. The molecule has 0 bridgehead atoms. The van der Waals surface area contributed by atoms with Gasteiger partial charge in [-0.3, -0.25) is 14.7 Å². The van der Waals surface area contributed by atoms with Gasteiger partial charge in [0, 0.05) is 41.0 Å². The van der Waals surface area contributed by atoms with E-state index in [1.165, 1.54) is 0 Å². The summed E-state index contributed by atoms with van der Waals surface area (Å²) in [6, 6.07) is 12.6. The number of methoxy groups -OCH3 is 1. The number of H-pyrrole nitrogens is 1. The normalized spacial score (nSPS) is 20.0. The summed E-state index contributed by atoms with van der Waals surface area (Å²) in [5, 5.41) is 20.1. The molecule has 8 nitrogen and oxygen atoms in total. The summed E-state index contributed by atoms with van der Waals surface area (Å²) in [5.74, 6) is 0.272. The highest BCUT2D eigenvalue weighted by molar-refractivity contribution is 5.97. The first-order chi connectivity index (χ1) is 16.0. The zero-order chi connectivity index (χ0) is 22.9. The Hall–Kier alpha value is -3.65. The summed E-state index contributed by atoms with van der Waals surface area (Å²) in [4.78, 5) is 27.7. The number of aliphatic hydroxyl groups excluding tert-OH is 1.